The van der Waals surface area contributed by atoms with Crippen molar-refractivity contribution < 1.29 is 13.9 Å². The van der Waals surface area contributed by atoms with Crippen LogP contribution in [0.3, 0.4) is 0 Å². The molecule has 192 valence electrons. The maximum Gasteiger partial charge on any atom is 0.172 e. The van der Waals surface area contributed by atoms with Gasteiger partial charge in [0.15, 0.2) is 5.79 Å². The largest absolute Gasteiger partial charge is 0.347 e. The van der Waals surface area contributed by atoms with Crippen LogP contribution in [0.25, 0.3) is 0 Å². The summed E-state index contributed by atoms with van der Waals surface area (Å²) in [6.45, 7) is 15.7. The van der Waals surface area contributed by atoms with Crippen LogP contribution in [-0.4, -0.2) is 25.2 Å². The molecule has 1 heterocycles. The number of hydrogen-bond donors (Lipinski definition) is 0. The Hall–Kier alpha value is -0.670. The average Bonchev–Trinajstić information content (AvgIpc) is 3.39. The van der Waals surface area contributed by atoms with Gasteiger partial charge in [-0.15, -0.1) is 0 Å². The van der Waals surface area contributed by atoms with Gasteiger partial charge in [0, 0.05) is 18.8 Å². The molecular formula is C31H49FO2. The summed E-state index contributed by atoms with van der Waals surface area (Å²) in [5, 5.41) is 0. The molecule has 2 nitrogen and oxygen atoms in total. The monoisotopic (exact) mass is 472 g/mol. The fraction of sp³-hybridized carbons (Fsp3) is 0.871. The molecule has 1 spiro atoms. The Balaban J connectivity index is 1.37. The number of halogens is 1. The molecular weight excluding hydrogens is 423 g/mol. The lowest BCUT2D eigenvalue weighted by Gasteiger charge is -2.59. The zero-order chi connectivity index (χ0) is 24.3. The second-order valence-corrected chi connectivity index (χ2v) is 13.4. The van der Waals surface area contributed by atoms with Crippen LogP contribution in [0.1, 0.15) is 92.9 Å². The average molecular weight is 473 g/mol. The van der Waals surface area contributed by atoms with E-state index in [1.807, 2.05) is 6.08 Å². The second kappa shape index (κ2) is 9.02. The Labute approximate surface area is 208 Å². The predicted molar refractivity (Wildman–Crippen MR) is 137 cm³/mol. The highest BCUT2D eigenvalue weighted by atomic mass is 19.1. The van der Waals surface area contributed by atoms with Crippen LogP contribution in [0.4, 0.5) is 4.39 Å². The molecule has 1 unspecified atom stereocenters. The first-order valence-corrected chi connectivity index (χ1v) is 14.4. The molecule has 0 bridgehead atoms. The van der Waals surface area contributed by atoms with Gasteiger partial charge in [-0.25, -0.2) is 4.39 Å². The van der Waals surface area contributed by atoms with Crippen molar-refractivity contribution in [1.82, 2.24) is 0 Å². The number of ether oxygens (including phenoxy) is 2. The fourth-order valence-corrected chi connectivity index (χ4v) is 9.48. The molecule has 5 aliphatic rings. The highest BCUT2D eigenvalue weighted by Gasteiger charge is 2.62. The smallest absolute Gasteiger partial charge is 0.172 e. The van der Waals surface area contributed by atoms with Gasteiger partial charge in [-0.2, -0.15) is 0 Å². The fourth-order valence-electron chi connectivity index (χ4n) is 9.48. The van der Waals surface area contributed by atoms with E-state index in [0.717, 1.165) is 19.3 Å². The van der Waals surface area contributed by atoms with Crippen molar-refractivity contribution in [2.45, 2.75) is 105 Å². The van der Waals surface area contributed by atoms with Gasteiger partial charge in [0.1, 0.15) is 6.17 Å². The topological polar surface area (TPSA) is 18.5 Å². The van der Waals surface area contributed by atoms with Gasteiger partial charge in [-0.05, 0) is 84.9 Å². The van der Waals surface area contributed by atoms with Crippen LogP contribution < -0.4 is 0 Å². The van der Waals surface area contributed by atoms with Crippen molar-refractivity contribution in [3.05, 3.63) is 23.8 Å². The van der Waals surface area contributed by atoms with Gasteiger partial charge >= 0.3 is 0 Å². The molecule has 5 rings (SSSR count). The Morgan fingerprint density at radius 2 is 1.74 bits per heavy atom. The van der Waals surface area contributed by atoms with E-state index in [0.29, 0.717) is 48.7 Å². The van der Waals surface area contributed by atoms with Gasteiger partial charge in [0.25, 0.3) is 0 Å². The maximum absolute atomic E-state index is 16.1. The van der Waals surface area contributed by atoms with E-state index >= 15 is 4.39 Å². The Kier molecular flexibility index (Phi) is 6.63. The third-order valence-electron chi connectivity index (χ3n) is 11.6. The van der Waals surface area contributed by atoms with Crippen LogP contribution in [0, 0.1) is 52.3 Å². The number of allylic oxidation sites excluding steroid dienone is 3. The van der Waals surface area contributed by atoms with E-state index in [1.54, 1.807) is 0 Å². The molecule has 3 saturated carbocycles. The molecule has 4 aliphatic carbocycles. The first kappa shape index (κ1) is 25.0. The number of alkyl halides is 1. The predicted octanol–water partition coefficient (Wildman–Crippen LogP) is 8.13. The second-order valence-electron chi connectivity index (χ2n) is 13.4. The molecule has 3 heteroatoms. The van der Waals surface area contributed by atoms with Gasteiger partial charge in [-0.1, -0.05) is 65.3 Å². The third-order valence-corrected chi connectivity index (χ3v) is 11.6. The van der Waals surface area contributed by atoms with Gasteiger partial charge in [-0.3, -0.25) is 0 Å². The molecule has 0 aromatic heterocycles. The Bertz CT molecular complexity index is 810. The van der Waals surface area contributed by atoms with Crippen LogP contribution in [-0.2, 0) is 9.47 Å². The zero-order valence-corrected chi connectivity index (χ0v) is 22.6. The summed E-state index contributed by atoms with van der Waals surface area (Å²) >= 11 is 0. The molecule has 9 atom stereocenters. The molecule has 0 aromatic rings. The standard InChI is InChI=1S/C31H49FO2/c1-7-22(20(2)3)9-8-21(4)24-10-11-25-28-26(12-13-30(24,25)6)29(5)14-15-31(33-16-17-34-31)19-23(29)18-27(28)32/h8-9,18,20-22,24-28H,7,10-17,19H2,1-6H3/b9-8+/t21-,22?,24-,25+,26+,27-,28+,29+,30-/m1/s1. The van der Waals surface area contributed by atoms with E-state index in [9.17, 15) is 0 Å². The quantitative estimate of drug-likeness (QED) is 0.376. The van der Waals surface area contributed by atoms with Gasteiger partial charge in [0.2, 0.25) is 0 Å². The highest BCUT2D eigenvalue weighted by Crippen LogP contribution is 2.68. The molecule has 0 aromatic carbocycles. The van der Waals surface area contributed by atoms with Gasteiger partial charge in [0.05, 0.1) is 13.2 Å². The normalized spacial score (nSPS) is 45.2. The molecule has 4 fully saturated rings. The van der Waals surface area contributed by atoms with Crippen molar-refractivity contribution in [1.29, 1.82) is 0 Å². The van der Waals surface area contributed by atoms with Gasteiger partial charge < -0.3 is 9.47 Å². The van der Waals surface area contributed by atoms with E-state index in [-0.39, 0.29) is 16.7 Å². The lowest BCUT2D eigenvalue weighted by atomic mass is 9.46. The molecule has 0 radical (unpaired) electrons. The molecule has 0 amide bonds. The van der Waals surface area contributed by atoms with E-state index in [4.69, 9.17) is 9.47 Å². The summed E-state index contributed by atoms with van der Waals surface area (Å²) in [7, 11) is 0. The number of rotatable bonds is 5. The maximum atomic E-state index is 16.1. The molecule has 0 N–H and O–H groups in total. The third kappa shape index (κ3) is 3.87. The van der Waals surface area contributed by atoms with Crippen LogP contribution in [0.15, 0.2) is 23.8 Å². The lowest BCUT2D eigenvalue weighted by molar-refractivity contribution is -0.187. The van der Waals surface area contributed by atoms with Crippen LogP contribution in [0.2, 0.25) is 0 Å². The highest BCUT2D eigenvalue weighted by molar-refractivity contribution is 5.29. The summed E-state index contributed by atoms with van der Waals surface area (Å²) in [5.74, 6) is 3.33. The van der Waals surface area contributed by atoms with Crippen molar-refractivity contribution in [3.8, 4) is 0 Å². The first-order valence-electron chi connectivity index (χ1n) is 14.4. The minimum atomic E-state index is -0.815. The number of hydrogen-bond acceptors (Lipinski definition) is 2. The minimum absolute atomic E-state index is 0.115. The zero-order valence-electron chi connectivity index (χ0n) is 22.6. The van der Waals surface area contributed by atoms with Crippen LogP contribution in [0.5, 0.6) is 0 Å². The van der Waals surface area contributed by atoms with Crippen molar-refractivity contribution in [2.75, 3.05) is 13.2 Å². The molecule has 34 heavy (non-hydrogen) atoms. The van der Waals surface area contributed by atoms with E-state index < -0.39 is 12.0 Å². The molecule has 1 aliphatic heterocycles. The van der Waals surface area contributed by atoms with Crippen molar-refractivity contribution in [3.63, 3.8) is 0 Å². The van der Waals surface area contributed by atoms with Crippen molar-refractivity contribution >= 4 is 0 Å². The van der Waals surface area contributed by atoms with Crippen LogP contribution >= 0.6 is 0 Å². The number of fused-ring (bicyclic) bond motifs is 5. The summed E-state index contributed by atoms with van der Waals surface area (Å²) in [5.41, 5.74) is 1.68. The SMILES string of the molecule is CCC(/C=C/[C@@H](C)[C@H]1CC[C@H]2[C@@H]3[C@H](F)C=C4CC5(CC[C@]4(C)[C@H]3CC[C@]12C)OCCO5)C(C)C. The summed E-state index contributed by atoms with van der Waals surface area (Å²) in [4.78, 5) is 0. The summed E-state index contributed by atoms with van der Waals surface area (Å²) < 4.78 is 28.2. The van der Waals surface area contributed by atoms with E-state index in [1.165, 1.54) is 37.7 Å². The first-order chi connectivity index (χ1) is 16.1. The minimum Gasteiger partial charge on any atom is -0.347 e. The Morgan fingerprint density at radius 3 is 2.41 bits per heavy atom. The van der Waals surface area contributed by atoms with Crippen molar-refractivity contribution in [2.24, 2.45) is 52.3 Å². The summed E-state index contributed by atoms with van der Waals surface area (Å²) in [6.07, 6.45) is 15.2. The summed E-state index contributed by atoms with van der Waals surface area (Å²) in [6, 6.07) is 0. The Morgan fingerprint density at radius 1 is 1.00 bits per heavy atom. The lowest BCUT2D eigenvalue weighted by Crippen LogP contribution is -2.55. The van der Waals surface area contributed by atoms with E-state index in [2.05, 4.69) is 53.7 Å². The molecule has 1 saturated heterocycles.